The van der Waals surface area contributed by atoms with Gasteiger partial charge in [-0.1, -0.05) is 36.4 Å². The standard InChI is InChI=1S/C19H17IN2O4/c1-22(20)15-11-7-6-10-14(15)19(12-23)16(18(24)25-2)21-17(26-19)13-8-4-3-5-9-13/h3-12,16H,1-2H3/t16-,19-/m0/s1. The molecule has 2 aromatic carbocycles. The van der Waals surface area contributed by atoms with Gasteiger partial charge >= 0.3 is 5.97 Å². The van der Waals surface area contributed by atoms with Crippen molar-refractivity contribution in [2.75, 3.05) is 17.3 Å². The van der Waals surface area contributed by atoms with E-state index in [4.69, 9.17) is 9.47 Å². The predicted molar refractivity (Wildman–Crippen MR) is 106 cm³/mol. The van der Waals surface area contributed by atoms with Crippen LogP contribution in [0.5, 0.6) is 0 Å². The minimum absolute atomic E-state index is 0.235. The minimum Gasteiger partial charge on any atom is -0.467 e. The molecule has 0 aromatic heterocycles. The normalized spacial score (nSPS) is 21.5. The van der Waals surface area contributed by atoms with E-state index < -0.39 is 17.6 Å². The zero-order chi connectivity index (χ0) is 18.7. The van der Waals surface area contributed by atoms with Crippen LogP contribution in [0.25, 0.3) is 0 Å². The zero-order valence-corrected chi connectivity index (χ0v) is 16.4. The lowest BCUT2D eigenvalue weighted by Crippen LogP contribution is -2.45. The summed E-state index contributed by atoms with van der Waals surface area (Å²) in [5, 5.41) is 0. The Morgan fingerprint density at radius 1 is 1.23 bits per heavy atom. The van der Waals surface area contributed by atoms with Crippen molar-refractivity contribution in [1.82, 2.24) is 0 Å². The first-order valence-corrected chi connectivity index (χ1v) is 8.85. The van der Waals surface area contributed by atoms with E-state index in [2.05, 4.69) is 27.9 Å². The van der Waals surface area contributed by atoms with Crippen molar-refractivity contribution in [3.05, 3.63) is 65.7 Å². The first kappa shape index (κ1) is 18.4. The summed E-state index contributed by atoms with van der Waals surface area (Å²) in [4.78, 5) is 29.1. The third-order valence-corrected chi connectivity index (χ3v) is 4.72. The smallest absolute Gasteiger partial charge is 0.335 e. The molecule has 7 heteroatoms. The van der Waals surface area contributed by atoms with Crippen LogP contribution in [-0.2, 0) is 24.7 Å². The molecule has 0 bridgehead atoms. The number of halogens is 1. The predicted octanol–water partition coefficient (Wildman–Crippen LogP) is 2.89. The number of esters is 1. The lowest BCUT2D eigenvalue weighted by atomic mass is 9.87. The highest BCUT2D eigenvalue weighted by Crippen LogP contribution is 2.41. The second-order valence-electron chi connectivity index (χ2n) is 5.73. The average molecular weight is 464 g/mol. The maximum Gasteiger partial charge on any atom is 0.335 e. The number of aldehydes is 1. The quantitative estimate of drug-likeness (QED) is 0.295. The molecule has 0 saturated heterocycles. The molecule has 3 rings (SSSR count). The number of rotatable bonds is 5. The summed E-state index contributed by atoms with van der Waals surface area (Å²) in [5.41, 5.74) is 0.398. The molecule has 2 aromatic rings. The summed E-state index contributed by atoms with van der Waals surface area (Å²) in [6.45, 7) is 0. The van der Waals surface area contributed by atoms with Crippen LogP contribution >= 0.6 is 22.9 Å². The molecule has 0 amide bonds. The van der Waals surface area contributed by atoms with Gasteiger partial charge in [-0.3, -0.25) is 4.79 Å². The van der Waals surface area contributed by atoms with Gasteiger partial charge in [-0.25, -0.2) is 9.79 Å². The van der Waals surface area contributed by atoms with Gasteiger partial charge < -0.3 is 12.6 Å². The van der Waals surface area contributed by atoms with Crippen molar-refractivity contribution < 1.29 is 19.1 Å². The first-order valence-electron chi connectivity index (χ1n) is 7.89. The van der Waals surface area contributed by atoms with Crippen molar-refractivity contribution in [2.45, 2.75) is 11.6 Å². The molecule has 1 heterocycles. The van der Waals surface area contributed by atoms with Gasteiger partial charge in [0.15, 0.2) is 6.29 Å². The van der Waals surface area contributed by atoms with E-state index in [1.807, 2.05) is 52.6 Å². The molecule has 134 valence electrons. The van der Waals surface area contributed by atoms with E-state index in [1.165, 1.54) is 7.11 Å². The molecule has 0 spiro atoms. The topological polar surface area (TPSA) is 68.2 Å². The molecule has 1 aliphatic rings. The van der Waals surface area contributed by atoms with Crippen molar-refractivity contribution in [1.29, 1.82) is 0 Å². The number of carbonyl (C=O) groups excluding carboxylic acids is 2. The number of hydrogen-bond acceptors (Lipinski definition) is 6. The number of para-hydroxylation sites is 1. The minimum atomic E-state index is -1.59. The van der Waals surface area contributed by atoms with E-state index in [9.17, 15) is 9.59 Å². The van der Waals surface area contributed by atoms with Crippen LogP contribution in [0.15, 0.2) is 59.6 Å². The number of ether oxygens (including phenoxy) is 2. The van der Waals surface area contributed by atoms with Gasteiger partial charge in [0, 0.05) is 18.2 Å². The number of aliphatic imine (C=N–C) groups is 1. The Hall–Kier alpha value is -2.42. The van der Waals surface area contributed by atoms with Crippen molar-refractivity contribution in [3.63, 3.8) is 0 Å². The third kappa shape index (κ3) is 3.07. The van der Waals surface area contributed by atoms with Crippen molar-refractivity contribution in [2.24, 2.45) is 4.99 Å². The van der Waals surface area contributed by atoms with Gasteiger partial charge in [0.25, 0.3) is 0 Å². The van der Waals surface area contributed by atoms with E-state index in [0.717, 1.165) is 5.69 Å². The number of benzene rings is 2. The van der Waals surface area contributed by atoms with Gasteiger partial charge in [0.05, 0.1) is 35.7 Å². The number of nitrogens with zero attached hydrogens (tertiary/aromatic N) is 2. The number of carbonyl (C=O) groups is 2. The Morgan fingerprint density at radius 2 is 1.88 bits per heavy atom. The SMILES string of the molecule is COC(=O)[C@@H]1N=C(c2ccccc2)O[C@@]1(C=O)c1ccccc1N(C)I. The highest BCUT2D eigenvalue weighted by atomic mass is 127. The maximum atomic E-state index is 12.4. The number of hydrogen-bond donors (Lipinski definition) is 0. The van der Waals surface area contributed by atoms with E-state index in [0.29, 0.717) is 17.4 Å². The Labute approximate surface area is 165 Å². The van der Waals surface area contributed by atoms with Gasteiger partial charge in [-0.05, 0) is 18.2 Å². The second kappa shape index (κ2) is 7.45. The van der Waals surface area contributed by atoms with Gasteiger partial charge in [0.2, 0.25) is 17.5 Å². The van der Waals surface area contributed by atoms with Crippen LogP contribution in [0.4, 0.5) is 5.69 Å². The van der Waals surface area contributed by atoms with Crippen molar-refractivity contribution in [3.8, 4) is 0 Å². The van der Waals surface area contributed by atoms with Crippen LogP contribution < -0.4 is 3.11 Å². The van der Waals surface area contributed by atoms with Crippen LogP contribution in [0.3, 0.4) is 0 Å². The fourth-order valence-corrected chi connectivity index (χ4v) is 3.36. The van der Waals surface area contributed by atoms with E-state index >= 15 is 0 Å². The molecule has 0 aliphatic carbocycles. The zero-order valence-electron chi connectivity index (χ0n) is 14.3. The summed E-state index contributed by atoms with van der Waals surface area (Å²) in [5.74, 6) is -0.395. The fraction of sp³-hybridized carbons (Fsp3) is 0.211. The summed E-state index contributed by atoms with van der Waals surface area (Å²) < 4.78 is 12.8. The lowest BCUT2D eigenvalue weighted by molar-refractivity contribution is -0.149. The number of methoxy groups -OCH3 is 1. The molecular formula is C19H17IN2O4. The molecule has 6 nitrogen and oxygen atoms in total. The summed E-state index contributed by atoms with van der Waals surface area (Å²) >= 11 is 2.10. The van der Waals surface area contributed by atoms with Crippen LogP contribution in [0.1, 0.15) is 11.1 Å². The molecule has 0 unspecified atom stereocenters. The molecule has 0 saturated carbocycles. The number of anilines is 1. The van der Waals surface area contributed by atoms with Crippen molar-refractivity contribution >= 4 is 46.7 Å². The van der Waals surface area contributed by atoms with Crippen LogP contribution in [-0.4, -0.2) is 38.4 Å². The Balaban J connectivity index is 2.17. The Kier molecular flexibility index (Phi) is 5.26. The molecule has 0 radical (unpaired) electrons. The monoisotopic (exact) mass is 464 g/mol. The lowest BCUT2D eigenvalue weighted by Gasteiger charge is -2.30. The van der Waals surface area contributed by atoms with Crippen LogP contribution in [0, 0.1) is 0 Å². The molecule has 1 aliphatic heterocycles. The fourth-order valence-electron chi connectivity index (χ4n) is 2.94. The molecular weight excluding hydrogens is 447 g/mol. The molecule has 0 fully saturated rings. The van der Waals surface area contributed by atoms with Gasteiger partial charge in [-0.2, -0.15) is 0 Å². The largest absolute Gasteiger partial charge is 0.467 e. The highest BCUT2D eigenvalue weighted by Gasteiger charge is 2.54. The van der Waals surface area contributed by atoms with E-state index in [1.54, 1.807) is 12.1 Å². The first-order chi connectivity index (χ1) is 12.5. The second-order valence-corrected chi connectivity index (χ2v) is 7.18. The summed E-state index contributed by atoms with van der Waals surface area (Å²) in [6, 6.07) is 15.3. The maximum absolute atomic E-state index is 12.4. The Morgan fingerprint density at radius 3 is 2.50 bits per heavy atom. The summed E-state index contributed by atoms with van der Waals surface area (Å²) in [6.07, 6.45) is 0.632. The summed E-state index contributed by atoms with van der Waals surface area (Å²) in [7, 11) is 3.11. The van der Waals surface area contributed by atoms with Gasteiger partial charge in [0.1, 0.15) is 0 Å². The Bertz CT molecular complexity index is 854. The molecule has 26 heavy (non-hydrogen) atoms. The van der Waals surface area contributed by atoms with Gasteiger partial charge in [-0.15, -0.1) is 0 Å². The molecule has 0 N–H and O–H groups in total. The highest BCUT2D eigenvalue weighted by molar-refractivity contribution is 14.1. The van der Waals surface area contributed by atoms with E-state index in [-0.39, 0.29) is 5.90 Å². The average Bonchev–Trinajstić information content (AvgIpc) is 3.09. The molecule has 2 atom stereocenters. The van der Waals surface area contributed by atoms with Crippen LogP contribution in [0.2, 0.25) is 0 Å². The third-order valence-electron chi connectivity index (χ3n) is 4.20.